The van der Waals surface area contributed by atoms with Crippen molar-refractivity contribution in [2.45, 2.75) is 56.9 Å². The van der Waals surface area contributed by atoms with Gasteiger partial charge in [0, 0.05) is 21.6 Å². The van der Waals surface area contributed by atoms with Gasteiger partial charge in [0.1, 0.15) is 36.3 Å². The van der Waals surface area contributed by atoms with Crippen LogP contribution in [-0.4, -0.2) is 57.6 Å². The van der Waals surface area contributed by atoms with Gasteiger partial charge in [0.25, 0.3) is 0 Å². The highest BCUT2D eigenvalue weighted by Crippen LogP contribution is 2.38. The molecule has 0 radical (unpaired) electrons. The molecule has 1 saturated heterocycles. The summed E-state index contributed by atoms with van der Waals surface area (Å²) >= 11 is 1.74. The maximum Gasteiger partial charge on any atom is 0.125 e. The normalized spacial score (nSPS) is 26.5. The average Bonchev–Trinajstić information content (AvgIpc) is 3.15. The maximum absolute atomic E-state index is 10.6. The molecule has 2 heterocycles. The molecule has 166 valence electrons. The van der Waals surface area contributed by atoms with Crippen LogP contribution in [0.3, 0.4) is 0 Å². The number of ether oxygens (including phenoxy) is 2. The molecule has 1 unspecified atom stereocenters. The smallest absolute Gasteiger partial charge is 0.125 e. The van der Waals surface area contributed by atoms with E-state index in [0.29, 0.717) is 17.7 Å². The van der Waals surface area contributed by atoms with E-state index in [-0.39, 0.29) is 6.10 Å². The Morgan fingerprint density at radius 3 is 2.48 bits per heavy atom. The van der Waals surface area contributed by atoms with Gasteiger partial charge >= 0.3 is 0 Å². The molecule has 1 aromatic heterocycles. The first-order chi connectivity index (χ1) is 14.9. The molecule has 31 heavy (non-hydrogen) atoms. The summed E-state index contributed by atoms with van der Waals surface area (Å²) in [4.78, 5) is 1.21. The summed E-state index contributed by atoms with van der Waals surface area (Å²) in [5.74, 6) is 0.541. The Morgan fingerprint density at radius 1 is 1.00 bits per heavy atom. The zero-order valence-electron chi connectivity index (χ0n) is 17.5. The van der Waals surface area contributed by atoms with Gasteiger partial charge in [-0.2, -0.15) is 0 Å². The number of fused-ring (bicyclic) bond motifs is 1. The Bertz CT molecular complexity index is 997. The largest absolute Gasteiger partial charge is 0.491 e. The number of benzene rings is 2. The zero-order chi connectivity index (χ0) is 22.1. The van der Waals surface area contributed by atoms with Crippen LogP contribution in [0.1, 0.15) is 36.0 Å². The highest BCUT2D eigenvalue weighted by atomic mass is 32.1. The number of thiophene rings is 1. The van der Waals surface area contributed by atoms with Crippen LogP contribution in [0, 0.1) is 0 Å². The fourth-order valence-corrected chi connectivity index (χ4v) is 5.07. The molecule has 0 amide bonds. The van der Waals surface area contributed by atoms with Crippen LogP contribution in [0.5, 0.6) is 5.75 Å². The van der Waals surface area contributed by atoms with Crippen LogP contribution < -0.4 is 4.74 Å². The summed E-state index contributed by atoms with van der Waals surface area (Å²) in [6.45, 7) is 3.34. The van der Waals surface area contributed by atoms with Gasteiger partial charge in [-0.15, -0.1) is 11.3 Å². The fraction of sp³-hybridized carbons (Fsp3) is 0.417. The first-order valence-corrected chi connectivity index (χ1v) is 11.3. The van der Waals surface area contributed by atoms with Crippen molar-refractivity contribution < 1.29 is 29.9 Å². The third-order valence-electron chi connectivity index (χ3n) is 5.49. The molecule has 6 nitrogen and oxygen atoms in total. The Kier molecular flexibility index (Phi) is 6.62. The number of aliphatic hydroxyl groups is 4. The van der Waals surface area contributed by atoms with Gasteiger partial charge in [0.05, 0.1) is 12.7 Å². The minimum absolute atomic E-state index is 0.0999. The topological polar surface area (TPSA) is 99.4 Å². The lowest BCUT2D eigenvalue weighted by Crippen LogP contribution is -2.55. The Labute approximate surface area is 185 Å². The van der Waals surface area contributed by atoms with E-state index < -0.39 is 37.1 Å². The van der Waals surface area contributed by atoms with E-state index >= 15 is 0 Å². The quantitative estimate of drug-likeness (QED) is 0.467. The van der Waals surface area contributed by atoms with E-state index in [2.05, 4.69) is 18.2 Å². The highest BCUT2D eigenvalue weighted by Gasteiger charge is 2.44. The molecule has 1 fully saturated rings. The molecular weight excluding hydrogens is 416 g/mol. The minimum atomic E-state index is -1.44. The molecule has 0 saturated carbocycles. The van der Waals surface area contributed by atoms with Crippen LogP contribution in [0.15, 0.2) is 48.5 Å². The van der Waals surface area contributed by atoms with E-state index in [1.54, 1.807) is 11.3 Å². The summed E-state index contributed by atoms with van der Waals surface area (Å²) in [6, 6.07) is 16.2. The summed E-state index contributed by atoms with van der Waals surface area (Å²) < 4.78 is 13.0. The number of hydrogen-bond donors (Lipinski definition) is 4. The van der Waals surface area contributed by atoms with Crippen molar-refractivity contribution >= 4 is 21.4 Å². The molecule has 5 atom stereocenters. The van der Waals surface area contributed by atoms with Crippen molar-refractivity contribution in [1.82, 2.24) is 0 Å². The number of rotatable bonds is 6. The molecule has 3 aromatic rings. The van der Waals surface area contributed by atoms with Crippen molar-refractivity contribution in [3.63, 3.8) is 0 Å². The Morgan fingerprint density at radius 2 is 1.77 bits per heavy atom. The maximum atomic E-state index is 10.6. The Hall–Kier alpha value is -2.00. The van der Waals surface area contributed by atoms with Crippen molar-refractivity contribution in [3.05, 3.63) is 64.5 Å². The molecule has 1 aliphatic heterocycles. The van der Waals surface area contributed by atoms with E-state index in [4.69, 9.17) is 9.47 Å². The SMILES string of the molecule is CC(C)Oc1ccc(Cc2cc3ccccc3s2)cc1[C@@H]1OC(CO)[C@@H](O)[C@H](O)[C@H]1O. The first-order valence-electron chi connectivity index (χ1n) is 10.4. The molecule has 0 bridgehead atoms. The number of hydrogen-bond acceptors (Lipinski definition) is 7. The summed E-state index contributed by atoms with van der Waals surface area (Å²) in [7, 11) is 0. The van der Waals surface area contributed by atoms with Gasteiger partial charge in [0.2, 0.25) is 0 Å². The van der Waals surface area contributed by atoms with Gasteiger partial charge in [0.15, 0.2) is 0 Å². The second-order valence-corrected chi connectivity index (χ2v) is 9.38. The van der Waals surface area contributed by atoms with Crippen molar-refractivity contribution in [2.24, 2.45) is 0 Å². The highest BCUT2D eigenvalue weighted by molar-refractivity contribution is 7.19. The summed E-state index contributed by atoms with van der Waals surface area (Å²) in [5.41, 5.74) is 1.60. The minimum Gasteiger partial charge on any atom is -0.491 e. The van der Waals surface area contributed by atoms with Crippen LogP contribution >= 0.6 is 11.3 Å². The number of aliphatic hydroxyl groups excluding tert-OH is 4. The third kappa shape index (κ3) is 4.62. The molecule has 7 heteroatoms. The predicted molar refractivity (Wildman–Crippen MR) is 120 cm³/mol. The third-order valence-corrected chi connectivity index (χ3v) is 6.61. The average molecular weight is 445 g/mol. The molecule has 2 aromatic carbocycles. The molecular formula is C24H28O6S. The van der Waals surface area contributed by atoms with E-state index in [1.165, 1.54) is 15.0 Å². The molecule has 1 aliphatic rings. The van der Waals surface area contributed by atoms with E-state index in [1.807, 2.05) is 44.2 Å². The lowest BCUT2D eigenvalue weighted by molar-refractivity contribution is -0.232. The van der Waals surface area contributed by atoms with Gasteiger partial charge in [-0.25, -0.2) is 0 Å². The van der Waals surface area contributed by atoms with Gasteiger partial charge in [-0.3, -0.25) is 0 Å². The zero-order valence-corrected chi connectivity index (χ0v) is 18.3. The van der Waals surface area contributed by atoms with Crippen LogP contribution in [0.4, 0.5) is 0 Å². The molecule has 4 rings (SSSR count). The van der Waals surface area contributed by atoms with Gasteiger partial charge in [-0.1, -0.05) is 24.3 Å². The molecule has 4 N–H and O–H groups in total. The lowest BCUT2D eigenvalue weighted by atomic mass is 9.90. The molecule has 0 spiro atoms. The lowest BCUT2D eigenvalue weighted by Gasteiger charge is -2.40. The summed E-state index contributed by atoms with van der Waals surface area (Å²) in [5, 5.41) is 41.8. The van der Waals surface area contributed by atoms with Crippen LogP contribution in [0.25, 0.3) is 10.1 Å². The van der Waals surface area contributed by atoms with Crippen molar-refractivity contribution in [3.8, 4) is 5.75 Å². The van der Waals surface area contributed by atoms with Gasteiger partial charge in [-0.05, 0) is 49.1 Å². The predicted octanol–water partition coefficient (Wildman–Crippen LogP) is 2.79. The van der Waals surface area contributed by atoms with Crippen LogP contribution in [-0.2, 0) is 11.2 Å². The Balaban J connectivity index is 1.68. The molecule has 0 aliphatic carbocycles. The standard InChI is InChI=1S/C24H28O6S/c1-13(2)29-18-8-7-14(9-16-11-15-5-3-4-6-20(15)31-16)10-17(18)24-23(28)22(27)21(26)19(12-25)30-24/h3-8,10-11,13,19,21-28H,9,12H2,1-2H3/t19?,21-,22+,23-,24+/m1/s1. The summed E-state index contributed by atoms with van der Waals surface area (Å²) in [6.07, 6.45) is -5.50. The van der Waals surface area contributed by atoms with Gasteiger partial charge < -0.3 is 29.9 Å². The van der Waals surface area contributed by atoms with Crippen LogP contribution in [0.2, 0.25) is 0 Å². The first kappa shape index (κ1) is 22.2. The van der Waals surface area contributed by atoms with Crippen molar-refractivity contribution in [1.29, 1.82) is 0 Å². The second-order valence-electron chi connectivity index (χ2n) is 8.22. The second kappa shape index (κ2) is 9.24. The monoisotopic (exact) mass is 444 g/mol. The van der Waals surface area contributed by atoms with Crippen molar-refractivity contribution in [2.75, 3.05) is 6.61 Å². The van der Waals surface area contributed by atoms with E-state index in [0.717, 1.165) is 5.56 Å². The van der Waals surface area contributed by atoms with E-state index in [9.17, 15) is 20.4 Å². The fourth-order valence-electron chi connectivity index (χ4n) is 3.98.